The van der Waals surface area contributed by atoms with E-state index < -0.39 is 12.1 Å². The van der Waals surface area contributed by atoms with Crippen molar-refractivity contribution < 1.29 is 18.3 Å². The molecule has 1 aliphatic carbocycles. The summed E-state index contributed by atoms with van der Waals surface area (Å²) in [4.78, 5) is 17.7. The minimum Gasteiger partial charge on any atom is -0.497 e. The number of fused-ring (bicyclic) bond motifs is 1. The van der Waals surface area contributed by atoms with Crippen LogP contribution in [0.15, 0.2) is 60.9 Å². The Balaban J connectivity index is 0.000000640. The summed E-state index contributed by atoms with van der Waals surface area (Å²) < 4.78 is 32.0. The summed E-state index contributed by atoms with van der Waals surface area (Å²) in [7, 11) is 1.56. The second-order valence-electron chi connectivity index (χ2n) is 9.37. The minimum absolute atomic E-state index is 0.187. The summed E-state index contributed by atoms with van der Waals surface area (Å²) in [6.07, 6.45) is 5.86. The van der Waals surface area contributed by atoms with E-state index >= 15 is 0 Å². The summed E-state index contributed by atoms with van der Waals surface area (Å²) in [5.41, 5.74) is 3.56. The van der Waals surface area contributed by atoms with Gasteiger partial charge in [0, 0.05) is 28.9 Å². The first kappa shape index (κ1) is 24.8. The van der Waals surface area contributed by atoms with E-state index in [-0.39, 0.29) is 5.91 Å². The molecule has 2 aromatic carbocycles. The minimum atomic E-state index is -2.71. The van der Waals surface area contributed by atoms with Gasteiger partial charge in [0.2, 0.25) is 0 Å². The van der Waals surface area contributed by atoms with E-state index in [4.69, 9.17) is 4.74 Å². The fraction of sp³-hybridized carbons (Fsp3) is 0.321. The number of alkyl halides is 2. The first-order valence-corrected chi connectivity index (χ1v) is 12.3. The first-order valence-electron chi connectivity index (χ1n) is 12.3. The van der Waals surface area contributed by atoms with Gasteiger partial charge in [-0.3, -0.25) is 9.78 Å². The maximum Gasteiger partial charge on any atom is 0.333 e. The molecule has 2 fully saturated rings. The number of ether oxygens (including phenoxy) is 1. The number of hydrogen-bond acceptors (Lipinski definition) is 5. The summed E-state index contributed by atoms with van der Waals surface area (Å²) in [5, 5.41) is 11.2. The van der Waals surface area contributed by atoms with Gasteiger partial charge in [-0.15, -0.1) is 0 Å². The molecule has 2 aromatic heterocycles. The van der Waals surface area contributed by atoms with Gasteiger partial charge >= 0.3 is 6.55 Å². The molecule has 1 saturated carbocycles. The monoisotopic (exact) mass is 505 g/mol. The number of aromatic nitrogens is 3. The molecule has 3 heterocycles. The highest BCUT2D eigenvalue weighted by molar-refractivity contribution is 5.98. The Bertz CT molecular complexity index is 1420. The average molecular weight is 506 g/mol. The Morgan fingerprint density at radius 3 is 2.54 bits per heavy atom. The summed E-state index contributed by atoms with van der Waals surface area (Å²) in [6.45, 7) is 1.67. The highest BCUT2D eigenvalue weighted by Gasteiger charge is 2.47. The lowest BCUT2D eigenvalue weighted by Crippen LogP contribution is -2.35. The normalized spacial score (nSPS) is 15.5. The lowest BCUT2D eigenvalue weighted by molar-refractivity contribution is 0.0568. The van der Waals surface area contributed by atoms with Crippen molar-refractivity contribution in [2.45, 2.75) is 38.3 Å². The van der Waals surface area contributed by atoms with Crippen LogP contribution < -0.4 is 15.4 Å². The predicted molar refractivity (Wildman–Crippen MR) is 138 cm³/mol. The number of nitrogens with one attached hydrogen (secondary N) is 2. The predicted octanol–water partition coefficient (Wildman–Crippen LogP) is 5.21. The number of hydrogen-bond donors (Lipinski definition) is 2. The zero-order valence-electron chi connectivity index (χ0n) is 20.8. The van der Waals surface area contributed by atoms with Gasteiger partial charge in [-0.05, 0) is 86.8 Å². The van der Waals surface area contributed by atoms with Gasteiger partial charge in [-0.1, -0.05) is 12.1 Å². The lowest BCUT2D eigenvalue weighted by Gasteiger charge is -2.21. The third kappa shape index (κ3) is 5.17. The number of nitrogens with zero attached hydrogens (tertiary/aromatic N) is 3. The molecule has 0 radical (unpaired) electrons. The van der Waals surface area contributed by atoms with Crippen LogP contribution in [0.4, 0.5) is 8.78 Å². The summed E-state index contributed by atoms with van der Waals surface area (Å²) in [5.74, 6) is 0.426. The highest BCUT2D eigenvalue weighted by Crippen LogP contribution is 2.49. The number of pyridine rings is 1. The van der Waals surface area contributed by atoms with E-state index in [1.165, 1.54) is 25.7 Å². The highest BCUT2D eigenvalue weighted by atomic mass is 19.3. The molecule has 6 rings (SSSR count). The van der Waals surface area contributed by atoms with E-state index in [0.717, 1.165) is 34.9 Å². The van der Waals surface area contributed by atoms with Crippen LogP contribution in [0.2, 0.25) is 0 Å². The number of amides is 1. The van der Waals surface area contributed by atoms with Crippen LogP contribution in [0.25, 0.3) is 22.2 Å². The molecule has 192 valence electrons. The fourth-order valence-electron chi connectivity index (χ4n) is 4.35. The van der Waals surface area contributed by atoms with Gasteiger partial charge in [0.25, 0.3) is 5.91 Å². The van der Waals surface area contributed by atoms with Crippen LogP contribution in [0, 0.1) is 6.92 Å². The van der Waals surface area contributed by atoms with Crippen LogP contribution in [-0.2, 0) is 5.54 Å². The maximum atomic E-state index is 13.3. The Hall–Kier alpha value is -3.85. The van der Waals surface area contributed by atoms with E-state index in [1.807, 2.05) is 43.3 Å². The average Bonchev–Trinajstić information content (AvgIpc) is 3.45. The van der Waals surface area contributed by atoms with Gasteiger partial charge in [0.15, 0.2) is 0 Å². The van der Waals surface area contributed by atoms with E-state index in [2.05, 4.69) is 20.7 Å². The van der Waals surface area contributed by atoms with Crippen LogP contribution >= 0.6 is 0 Å². The van der Waals surface area contributed by atoms with E-state index in [0.29, 0.717) is 27.3 Å². The largest absolute Gasteiger partial charge is 0.497 e. The second-order valence-corrected chi connectivity index (χ2v) is 9.37. The number of carbonyl (C=O) groups excluding carboxylic acids is 1. The number of halogens is 2. The quantitative estimate of drug-likeness (QED) is 0.376. The number of carbonyl (C=O) groups is 1. The van der Waals surface area contributed by atoms with Gasteiger partial charge in [-0.2, -0.15) is 13.9 Å². The fourth-order valence-corrected chi connectivity index (χ4v) is 4.35. The second kappa shape index (κ2) is 10.3. The number of benzene rings is 2. The molecule has 9 heteroatoms. The topological polar surface area (TPSA) is 81.1 Å². The van der Waals surface area contributed by atoms with Crippen molar-refractivity contribution in [1.29, 1.82) is 0 Å². The molecule has 37 heavy (non-hydrogen) atoms. The van der Waals surface area contributed by atoms with Crippen molar-refractivity contribution in [2.24, 2.45) is 0 Å². The summed E-state index contributed by atoms with van der Waals surface area (Å²) >= 11 is 0. The molecule has 2 N–H and O–H groups in total. The first-order chi connectivity index (χ1) is 17.9. The van der Waals surface area contributed by atoms with Crippen molar-refractivity contribution >= 4 is 16.8 Å². The van der Waals surface area contributed by atoms with Gasteiger partial charge in [0.1, 0.15) is 5.75 Å². The number of rotatable bonds is 6. The van der Waals surface area contributed by atoms with Crippen molar-refractivity contribution in [1.82, 2.24) is 25.4 Å². The molecule has 0 spiro atoms. The Kier molecular flexibility index (Phi) is 6.88. The Labute approximate surface area is 213 Å². The van der Waals surface area contributed by atoms with Crippen LogP contribution in [0.3, 0.4) is 0 Å². The number of methoxy groups -OCH3 is 1. The molecule has 1 saturated heterocycles. The maximum absolute atomic E-state index is 13.3. The molecular weight excluding hydrogens is 476 g/mol. The van der Waals surface area contributed by atoms with Crippen molar-refractivity contribution in [3.8, 4) is 17.0 Å². The third-order valence-corrected chi connectivity index (χ3v) is 6.84. The van der Waals surface area contributed by atoms with Crippen molar-refractivity contribution in [2.75, 3.05) is 20.2 Å². The Morgan fingerprint density at radius 1 is 1.16 bits per heavy atom. The van der Waals surface area contributed by atoms with Crippen molar-refractivity contribution in [3.05, 3.63) is 77.6 Å². The molecule has 1 aliphatic heterocycles. The smallest absolute Gasteiger partial charge is 0.333 e. The molecule has 0 bridgehead atoms. The van der Waals surface area contributed by atoms with Crippen LogP contribution in [-0.4, -0.2) is 40.9 Å². The van der Waals surface area contributed by atoms with E-state index in [9.17, 15) is 13.6 Å². The SMILES string of the molecule is C1CNC1.COc1ccc(C)c(C(=O)NC2(c3cc(-c4ccn(C(F)F)n4)cc4ncccc34)CC2)c1. The van der Waals surface area contributed by atoms with Crippen molar-refractivity contribution in [3.63, 3.8) is 0 Å². The lowest BCUT2D eigenvalue weighted by atomic mass is 9.95. The molecule has 4 aromatic rings. The van der Waals surface area contributed by atoms with Crippen LogP contribution in [0.1, 0.15) is 47.3 Å². The number of aryl methyl sites for hydroxylation is 1. The molecule has 0 unspecified atom stereocenters. The van der Waals surface area contributed by atoms with Crippen LogP contribution in [0.5, 0.6) is 5.75 Å². The zero-order valence-corrected chi connectivity index (χ0v) is 20.8. The molecule has 2 aliphatic rings. The summed E-state index contributed by atoms with van der Waals surface area (Å²) in [6, 6.07) is 14.5. The standard InChI is InChI=1S/C25H22F2N4O2.C3H7N/c1-15-5-6-17(33-2)14-19(15)23(32)29-25(8-9-25)20-12-16(13-22-18(20)4-3-10-28-22)21-7-11-31(30-21)24(26)27;1-2-4-3-1/h3-7,10-14,24H,8-9H2,1-2H3,(H,29,32);4H,1-3H2. The Morgan fingerprint density at radius 2 is 1.92 bits per heavy atom. The van der Waals surface area contributed by atoms with Gasteiger partial charge in [0.05, 0.1) is 23.9 Å². The zero-order chi connectivity index (χ0) is 26.0. The van der Waals surface area contributed by atoms with Gasteiger partial charge in [-0.25, -0.2) is 4.68 Å². The van der Waals surface area contributed by atoms with Gasteiger partial charge < -0.3 is 15.4 Å². The molecular formula is C28H29F2N5O2. The molecule has 7 nitrogen and oxygen atoms in total. The third-order valence-electron chi connectivity index (χ3n) is 6.84. The molecule has 0 atom stereocenters. The molecule has 1 amide bonds. The van der Waals surface area contributed by atoms with E-state index in [1.54, 1.807) is 25.4 Å².